The average molecular weight is 215 g/mol. The van der Waals surface area contributed by atoms with E-state index in [1.54, 1.807) is 12.2 Å². The van der Waals surface area contributed by atoms with Crippen LogP contribution in [-0.4, -0.2) is 17.0 Å². The van der Waals surface area contributed by atoms with E-state index in [1.807, 2.05) is 36.0 Å². The van der Waals surface area contributed by atoms with E-state index in [4.69, 9.17) is 5.26 Å². The third-order valence-electron chi connectivity index (χ3n) is 2.05. The van der Waals surface area contributed by atoms with E-state index < -0.39 is 0 Å². The quantitative estimate of drug-likeness (QED) is 0.466. The number of nitriles is 1. The average Bonchev–Trinajstić information content (AvgIpc) is 2.68. The van der Waals surface area contributed by atoms with Gasteiger partial charge in [-0.05, 0) is 18.2 Å². The summed E-state index contributed by atoms with van der Waals surface area (Å²) in [6.45, 7) is 3.84. The molecule has 1 aromatic heterocycles. The molecule has 16 heavy (non-hydrogen) atoms. The molecular weight excluding hydrogens is 202 g/mol. The normalized spacial score (nSPS) is 10.6. The van der Waals surface area contributed by atoms with Crippen LogP contribution in [0, 0.1) is 11.3 Å². The molecule has 0 aliphatic rings. The Morgan fingerprint density at radius 3 is 3.00 bits per heavy atom. The maximum absolute atomic E-state index is 11.5. The molecule has 1 rings (SSSR count). The molecule has 0 radical (unpaired) electrons. The van der Waals surface area contributed by atoms with Gasteiger partial charge in [-0.15, -0.1) is 6.58 Å². The third-order valence-corrected chi connectivity index (χ3v) is 2.05. The van der Waals surface area contributed by atoms with Gasteiger partial charge in [-0.2, -0.15) is 5.26 Å². The Hall–Kier alpha value is -2.28. The van der Waals surface area contributed by atoms with Gasteiger partial charge in [0.25, 0.3) is 5.91 Å². The highest BCUT2D eigenvalue weighted by molar-refractivity contribution is 6.01. The number of aromatic nitrogens is 1. The standard InChI is InChI=1S/C12H13N3O/c1-3-6-14-12(16)10(9-13)8-11-5-4-7-15(11)2/h3-5,7-8H,1,6H2,2H3,(H,14,16)/b10-8+. The van der Waals surface area contributed by atoms with Crippen molar-refractivity contribution in [2.75, 3.05) is 6.54 Å². The fourth-order valence-corrected chi connectivity index (χ4v) is 1.18. The van der Waals surface area contributed by atoms with Gasteiger partial charge in [-0.3, -0.25) is 4.79 Å². The maximum atomic E-state index is 11.5. The zero-order chi connectivity index (χ0) is 12.0. The molecule has 1 N–H and O–H groups in total. The number of carbonyl (C=O) groups is 1. The van der Waals surface area contributed by atoms with Crippen molar-refractivity contribution in [3.8, 4) is 6.07 Å². The Balaban J connectivity index is 2.87. The molecule has 82 valence electrons. The Morgan fingerprint density at radius 2 is 2.50 bits per heavy atom. The van der Waals surface area contributed by atoms with Crippen molar-refractivity contribution < 1.29 is 4.79 Å². The van der Waals surface area contributed by atoms with Gasteiger partial charge in [0, 0.05) is 25.5 Å². The van der Waals surface area contributed by atoms with E-state index in [0.29, 0.717) is 6.54 Å². The number of aryl methyl sites for hydroxylation is 1. The second-order valence-corrected chi connectivity index (χ2v) is 3.21. The summed E-state index contributed by atoms with van der Waals surface area (Å²) >= 11 is 0. The van der Waals surface area contributed by atoms with Crippen molar-refractivity contribution in [1.29, 1.82) is 5.26 Å². The highest BCUT2D eigenvalue weighted by Gasteiger charge is 2.07. The number of nitrogens with zero attached hydrogens (tertiary/aromatic N) is 2. The first-order valence-corrected chi connectivity index (χ1v) is 4.81. The summed E-state index contributed by atoms with van der Waals surface area (Å²) in [4.78, 5) is 11.5. The number of nitrogens with one attached hydrogen (secondary N) is 1. The van der Waals surface area contributed by atoms with Crippen LogP contribution in [0.4, 0.5) is 0 Å². The summed E-state index contributed by atoms with van der Waals surface area (Å²) < 4.78 is 1.83. The van der Waals surface area contributed by atoms with Gasteiger partial charge in [0.1, 0.15) is 11.6 Å². The van der Waals surface area contributed by atoms with Gasteiger partial charge in [0.15, 0.2) is 0 Å². The Labute approximate surface area is 94.5 Å². The van der Waals surface area contributed by atoms with Crippen molar-refractivity contribution in [3.05, 3.63) is 42.3 Å². The summed E-state index contributed by atoms with van der Waals surface area (Å²) in [5, 5.41) is 11.4. The van der Waals surface area contributed by atoms with Gasteiger partial charge in [0.05, 0.1) is 0 Å². The summed E-state index contributed by atoms with van der Waals surface area (Å²) in [5.41, 5.74) is 0.897. The topological polar surface area (TPSA) is 57.8 Å². The fourth-order valence-electron chi connectivity index (χ4n) is 1.18. The van der Waals surface area contributed by atoms with Crippen LogP contribution in [0.15, 0.2) is 36.6 Å². The highest BCUT2D eigenvalue weighted by atomic mass is 16.1. The van der Waals surface area contributed by atoms with Crippen LogP contribution < -0.4 is 5.32 Å². The molecule has 1 aromatic rings. The van der Waals surface area contributed by atoms with Gasteiger partial charge in [-0.25, -0.2) is 0 Å². The van der Waals surface area contributed by atoms with E-state index in [-0.39, 0.29) is 11.5 Å². The van der Waals surface area contributed by atoms with Crippen LogP contribution in [0.5, 0.6) is 0 Å². The number of carbonyl (C=O) groups excluding carboxylic acids is 1. The molecule has 0 spiro atoms. The minimum Gasteiger partial charge on any atom is -0.351 e. The first-order chi connectivity index (χ1) is 7.69. The lowest BCUT2D eigenvalue weighted by Gasteiger charge is -2.01. The second-order valence-electron chi connectivity index (χ2n) is 3.21. The summed E-state index contributed by atoms with van der Waals surface area (Å²) in [7, 11) is 1.85. The van der Waals surface area contributed by atoms with Crippen LogP contribution in [0.1, 0.15) is 5.69 Å². The maximum Gasteiger partial charge on any atom is 0.262 e. The van der Waals surface area contributed by atoms with Crippen molar-refractivity contribution in [1.82, 2.24) is 9.88 Å². The van der Waals surface area contributed by atoms with Crippen molar-refractivity contribution >= 4 is 12.0 Å². The van der Waals surface area contributed by atoms with Gasteiger partial charge in [-0.1, -0.05) is 6.08 Å². The first kappa shape index (κ1) is 11.8. The molecule has 0 aromatic carbocycles. The first-order valence-electron chi connectivity index (χ1n) is 4.81. The zero-order valence-corrected chi connectivity index (χ0v) is 9.10. The smallest absolute Gasteiger partial charge is 0.262 e. The molecule has 1 heterocycles. The molecule has 0 saturated heterocycles. The van der Waals surface area contributed by atoms with Crippen molar-refractivity contribution in [2.24, 2.45) is 7.05 Å². The predicted octanol–water partition coefficient (Wildman–Crippen LogP) is 1.23. The lowest BCUT2D eigenvalue weighted by molar-refractivity contribution is -0.116. The molecule has 4 heteroatoms. The van der Waals surface area contributed by atoms with E-state index in [1.165, 1.54) is 0 Å². The fraction of sp³-hybridized carbons (Fsp3) is 0.167. The molecule has 4 nitrogen and oxygen atoms in total. The molecular formula is C12H13N3O. The molecule has 0 aliphatic heterocycles. The van der Waals surface area contributed by atoms with Crippen LogP contribution >= 0.6 is 0 Å². The van der Waals surface area contributed by atoms with Crippen LogP contribution in [0.3, 0.4) is 0 Å². The Kier molecular flexibility index (Phi) is 4.10. The molecule has 0 saturated carbocycles. The predicted molar refractivity (Wildman–Crippen MR) is 62.2 cm³/mol. The lowest BCUT2D eigenvalue weighted by atomic mass is 10.2. The number of rotatable bonds is 4. The van der Waals surface area contributed by atoms with Crippen LogP contribution in [-0.2, 0) is 11.8 Å². The van der Waals surface area contributed by atoms with Gasteiger partial charge < -0.3 is 9.88 Å². The second kappa shape index (κ2) is 5.56. The number of amides is 1. The third kappa shape index (κ3) is 2.85. The minimum atomic E-state index is -0.386. The van der Waals surface area contributed by atoms with Gasteiger partial charge >= 0.3 is 0 Å². The Morgan fingerprint density at radius 1 is 1.75 bits per heavy atom. The SMILES string of the molecule is C=CCNC(=O)/C(C#N)=C/c1cccn1C. The van der Waals surface area contributed by atoms with Crippen molar-refractivity contribution in [3.63, 3.8) is 0 Å². The van der Waals surface area contributed by atoms with E-state index in [9.17, 15) is 4.79 Å². The number of hydrogen-bond donors (Lipinski definition) is 1. The zero-order valence-electron chi connectivity index (χ0n) is 9.10. The molecule has 0 atom stereocenters. The molecule has 0 bridgehead atoms. The van der Waals surface area contributed by atoms with Crippen LogP contribution in [0.2, 0.25) is 0 Å². The molecule has 0 aliphatic carbocycles. The summed E-state index contributed by atoms with van der Waals surface area (Å²) in [6, 6.07) is 5.56. The lowest BCUT2D eigenvalue weighted by Crippen LogP contribution is -2.24. The van der Waals surface area contributed by atoms with E-state index >= 15 is 0 Å². The molecule has 0 unspecified atom stereocenters. The van der Waals surface area contributed by atoms with E-state index in [0.717, 1.165) is 5.69 Å². The summed E-state index contributed by atoms with van der Waals surface area (Å²) in [5.74, 6) is -0.386. The molecule has 1 amide bonds. The largest absolute Gasteiger partial charge is 0.351 e. The Bertz CT molecular complexity index is 463. The number of hydrogen-bond acceptors (Lipinski definition) is 2. The molecule has 0 fully saturated rings. The van der Waals surface area contributed by atoms with Crippen molar-refractivity contribution in [2.45, 2.75) is 0 Å². The van der Waals surface area contributed by atoms with E-state index in [2.05, 4.69) is 11.9 Å². The monoisotopic (exact) mass is 215 g/mol. The van der Waals surface area contributed by atoms with Crippen LogP contribution in [0.25, 0.3) is 6.08 Å². The van der Waals surface area contributed by atoms with Gasteiger partial charge in [0.2, 0.25) is 0 Å². The summed E-state index contributed by atoms with van der Waals surface area (Å²) in [6.07, 6.45) is 4.97. The minimum absolute atomic E-state index is 0.0867. The highest BCUT2D eigenvalue weighted by Crippen LogP contribution is 2.06.